The van der Waals surface area contributed by atoms with Gasteiger partial charge in [0.15, 0.2) is 0 Å². The van der Waals surface area contributed by atoms with Gasteiger partial charge < -0.3 is 9.88 Å². The zero-order chi connectivity index (χ0) is 22.5. The van der Waals surface area contributed by atoms with Gasteiger partial charge in [0.2, 0.25) is 10.0 Å². The number of pyridine rings is 1. The van der Waals surface area contributed by atoms with Crippen LogP contribution >= 0.6 is 0 Å². The number of fused-ring (bicyclic) bond motifs is 1. The second-order valence-electron chi connectivity index (χ2n) is 8.96. The molecule has 3 heterocycles. The smallest absolute Gasteiger partial charge is 0.268 e. The molecule has 0 bridgehead atoms. The lowest BCUT2D eigenvalue weighted by molar-refractivity contribution is 0.0942. The van der Waals surface area contributed by atoms with Crippen LogP contribution in [0.25, 0.3) is 10.9 Å². The molecule has 0 spiro atoms. The van der Waals surface area contributed by atoms with E-state index in [1.165, 1.54) is 18.9 Å². The minimum Gasteiger partial charge on any atom is -0.347 e. The van der Waals surface area contributed by atoms with Crippen LogP contribution < -0.4 is 5.32 Å². The number of hydrogen-bond donors (Lipinski definition) is 1. The number of carbonyl (C=O) groups excluding carboxylic acids is 1. The minimum absolute atomic E-state index is 0.232. The number of nitrogens with one attached hydrogen (secondary N) is 1. The van der Waals surface area contributed by atoms with Crippen molar-refractivity contribution in [2.24, 2.45) is 18.9 Å². The SMILES string of the molecule is Cc1c(S(=O)(=O)N2CC[C@H](C3CC3)C2)cc(C(=O)NCc2cccc3ncccc23)n1C. The second kappa shape index (κ2) is 8.01. The number of hydrogen-bond acceptors (Lipinski definition) is 4. The fraction of sp³-hybridized carbons (Fsp3) is 0.417. The van der Waals surface area contributed by atoms with Crippen LogP contribution in [0.5, 0.6) is 0 Å². The second-order valence-corrected chi connectivity index (χ2v) is 10.9. The Morgan fingerprint density at radius 2 is 1.97 bits per heavy atom. The Labute approximate surface area is 188 Å². The van der Waals surface area contributed by atoms with Crippen molar-refractivity contribution < 1.29 is 13.2 Å². The molecule has 1 saturated carbocycles. The Bertz CT molecular complexity index is 1290. The molecule has 3 aromatic rings. The standard InChI is InChI=1S/C24H28N4O3S/c1-16-23(32(30,31)28-12-10-19(15-28)17-8-9-17)13-22(27(16)2)24(29)26-14-18-5-3-7-21-20(18)6-4-11-25-21/h3-7,11,13,17,19H,8-10,12,14-15H2,1-2H3,(H,26,29)/t19-/m0/s1. The van der Waals surface area contributed by atoms with Crippen molar-refractivity contribution in [2.75, 3.05) is 13.1 Å². The van der Waals surface area contributed by atoms with Gasteiger partial charge in [0.05, 0.1) is 5.52 Å². The van der Waals surface area contributed by atoms with E-state index in [4.69, 9.17) is 0 Å². The van der Waals surface area contributed by atoms with E-state index in [1.807, 2.05) is 30.3 Å². The predicted molar refractivity (Wildman–Crippen MR) is 123 cm³/mol. The molecule has 2 aliphatic rings. The minimum atomic E-state index is -3.61. The Hall–Kier alpha value is -2.71. The Kier molecular flexibility index (Phi) is 5.29. The van der Waals surface area contributed by atoms with Crippen LogP contribution in [0.4, 0.5) is 0 Å². The number of carbonyl (C=O) groups is 1. The van der Waals surface area contributed by atoms with Crippen LogP contribution in [0.15, 0.2) is 47.5 Å². The van der Waals surface area contributed by atoms with Crippen molar-refractivity contribution in [1.82, 2.24) is 19.2 Å². The van der Waals surface area contributed by atoms with Gasteiger partial charge in [-0.2, -0.15) is 4.31 Å². The van der Waals surface area contributed by atoms with Gasteiger partial charge >= 0.3 is 0 Å². The van der Waals surface area contributed by atoms with E-state index in [9.17, 15) is 13.2 Å². The maximum atomic E-state index is 13.3. The van der Waals surface area contributed by atoms with E-state index in [0.717, 1.165) is 22.9 Å². The maximum absolute atomic E-state index is 13.3. The van der Waals surface area contributed by atoms with Crippen molar-refractivity contribution in [1.29, 1.82) is 0 Å². The molecule has 2 fully saturated rings. The van der Waals surface area contributed by atoms with E-state index in [-0.39, 0.29) is 10.8 Å². The third-order valence-electron chi connectivity index (χ3n) is 6.99. The largest absolute Gasteiger partial charge is 0.347 e. The van der Waals surface area contributed by atoms with E-state index in [0.29, 0.717) is 42.9 Å². The normalized spacial score (nSPS) is 19.5. The third-order valence-corrected chi connectivity index (χ3v) is 8.97. The molecule has 0 radical (unpaired) electrons. The lowest BCUT2D eigenvalue weighted by atomic mass is 10.0. The van der Waals surface area contributed by atoms with Crippen molar-refractivity contribution >= 4 is 26.8 Å². The fourth-order valence-electron chi connectivity index (χ4n) is 4.80. The molecule has 0 unspecified atom stereocenters. The highest BCUT2D eigenvalue weighted by Crippen LogP contribution is 2.42. The predicted octanol–water partition coefficient (Wildman–Crippen LogP) is 3.23. The first-order valence-corrected chi connectivity index (χ1v) is 12.6. The van der Waals surface area contributed by atoms with Crippen LogP contribution in [-0.2, 0) is 23.6 Å². The summed E-state index contributed by atoms with van der Waals surface area (Å²) >= 11 is 0. The number of nitrogens with zero attached hydrogens (tertiary/aromatic N) is 3. The van der Waals surface area contributed by atoms with Crippen LogP contribution in [0.2, 0.25) is 0 Å². The molecule has 1 aliphatic carbocycles. The average molecular weight is 453 g/mol. The van der Waals surface area contributed by atoms with Gasteiger partial charge in [-0.25, -0.2) is 8.42 Å². The van der Waals surface area contributed by atoms with Crippen LogP contribution in [-0.4, -0.2) is 41.3 Å². The van der Waals surface area contributed by atoms with E-state index in [2.05, 4.69) is 10.3 Å². The van der Waals surface area contributed by atoms with Gasteiger partial charge in [0.1, 0.15) is 10.6 Å². The summed E-state index contributed by atoms with van der Waals surface area (Å²) in [7, 11) is -1.88. The molecule has 1 atom stereocenters. The zero-order valence-electron chi connectivity index (χ0n) is 18.4. The zero-order valence-corrected chi connectivity index (χ0v) is 19.2. The van der Waals surface area contributed by atoms with Gasteiger partial charge in [-0.15, -0.1) is 0 Å². The summed E-state index contributed by atoms with van der Waals surface area (Å²) in [4.78, 5) is 17.6. The maximum Gasteiger partial charge on any atom is 0.268 e. The first kappa shape index (κ1) is 21.2. The number of rotatable bonds is 6. The number of aromatic nitrogens is 2. The van der Waals surface area contributed by atoms with E-state index >= 15 is 0 Å². The fourth-order valence-corrected chi connectivity index (χ4v) is 6.58. The van der Waals surface area contributed by atoms with Gasteiger partial charge in [-0.3, -0.25) is 9.78 Å². The summed E-state index contributed by atoms with van der Waals surface area (Å²) in [6, 6.07) is 11.2. The average Bonchev–Trinajstić information content (AvgIpc) is 3.43. The van der Waals surface area contributed by atoms with E-state index < -0.39 is 10.0 Å². The summed E-state index contributed by atoms with van der Waals surface area (Å²) in [6.45, 7) is 3.25. The molecular weight excluding hydrogens is 424 g/mol. The molecule has 2 aromatic heterocycles. The Balaban J connectivity index is 1.35. The summed E-state index contributed by atoms with van der Waals surface area (Å²) < 4.78 is 29.9. The number of benzene rings is 1. The number of sulfonamides is 1. The topological polar surface area (TPSA) is 84.3 Å². The molecular formula is C24H28N4O3S. The van der Waals surface area contributed by atoms with E-state index in [1.54, 1.807) is 29.0 Å². The van der Waals surface area contributed by atoms with Gasteiger partial charge in [-0.1, -0.05) is 18.2 Å². The number of amides is 1. The summed E-state index contributed by atoms with van der Waals surface area (Å²) in [6.07, 6.45) is 5.12. The third kappa shape index (κ3) is 3.71. The molecule has 32 heavy (non-hydrogen) atoms. The quantitative estimate of drug-likeness (QED) is 0.622. The highest BCUT2D eigenvalue weighted by Gasteiger charge is 2.41. The van der Waals surface area contributed by atoms with Crippen LogP contribution in [0, 0.1) is 18.8 Å². The van der Waals surface area contributed by atoms with Crippen molar-refractivity contribution in [3.63, 3.8) is 0 Å². The first-order valence-electron chi connectivity index (χ1n) is 11.1. The molecule has 1 amide bonds. The molecule has 8 heteroatoms. The van der Waals surface area contributed by atoms with Crippen molar-refractivity contribution in [2.45, 2.75) is 37.6 Å². The van der Waals surface area contributed by atoms with Crippen LogP contribution in [0.1, 0.15) is 41.0 Å². The van der Waals surface area contributed by atoms with Crippen LogP contribution in [0.3, 0.4) is 0 Å². The highest BCUT2D eigenvalue weighted by atomic mass is 32.2. The van der Waals surface area contributed by atoms with Gasteiger partial charge in [-0.05, 0) is 61.8 Å². The highest BCUT2D eigenvalue weighted by molar-refractivity contribution is 7.89. The monoisotopic (exact) mass is 452 g/mol. The molecule has 1 aromatic carbocycles. The van der Waals surface area contributed by atoms with Gasteiger partial charge in [0.25, 0.3) is 5.91 Å². The van der Waals surface area contributed by atoms with Crippen molar-refractivity contribution in [3.05, 3.63) is 59.5 Å². The molecule has 168 valence electrons. The first-order chi connectivity index (χ1) is 15.4. The lowest BCUT2D eigenvalue weighted by Gasteiger charge is -2.16. The molecule has 7 nitrogen and oxygen atoms in total. The lowest BCUT2D eigenvalue weighted by Crippen LogP contribution is -2.29. The molecule has 1 aliphatic heterocycles. The molecule has 1 N–H and O–H groups in total. The summed E-state index contributed by atoms with van der Waals surface area (Å²) in [5.74, 6) is 0.875. The van der Waals surface area contributed by atoms with Gasteiger partial charge in [0, 0.05) is 44.0 Å². The Morgan fingerprint density at radius 1 is 1.16 bits per heavy atom. The molecule has 5 rings (SSSR count). The Morgan fingerprint density at radius 3 is 2.75 bits per heavy atom. The molecule has 1 saturated heterocycles. The summed E-state index contributed by atoms with van der Waals surface area (Å²) in [5.41, 5.74) is 2.76. The summed E-state index contributed by atoms with van der Waals surface area (Å²) in [5, 5.41) is 3.93. The van der Waals surface area contributed by atoms with Crippen molar-refractivity contribution in [3.8, 4) is 0 Å².